The normalized spacial score (nSPS) is 25.4. The Morgan fingerprint density at radius 1 is 1.55 bits per heavy atom. The molecular formula is C13H22N2O3S2. The summed E-state index contributed by atoms with van der Waals surface area (Å²) < 4.78 is 33.3. The van der Waals surface area contributed by atoms with Crippen LogP contribution in [0.5, 0.6) is 0 Å². The van der Waals surface area contributed by atoms with E-state index in [1.807, 2.05) is 19.2 Å². The van der Waals surface area contributed by atoms with Crippen LogP contribution in [0.25, 0.3) is 0 Å². The first-order chi connectivity index (χ1) is 9.24. The number of nitrogens with two attached hydrogens (primary N) is 1. The van der Waals surface area contributed by atoms with Crippen molar-refractivity contribution in [1.82, 2.24) is 4.72 Å². The maximum absolute atomic E-state index is 12.6. The van der Waals surface area contributed by atoms with Crippen LogP contribution in [0.15, 0.2) is 10.3 Å². The van der Waals surface area contributed by atoms with Crippen molar-refractivity contribution in [3.8, 4) is 0 Å². The van der Waals surface area contributed by atoms with Crippen molar-refractivity contribution in [2.24, 2.45) is 11.1 Å². The summed E-state index contributed by atoms with van der Waals surface area (Å²) in [6.07, 6.45) is 0.789. The van der Waals surface area contributed by atoms with Gasteiger partial charge in [0.25, 0.3) is 0 Å². The van der Waals surface area contributed by atoms with Gasteiger partial charge in [0.05, 0.1) is 6.10 Å². The average Bonchev–Trinajstić information content (AvgIpc) is 2.76. The summed E-state index contributed by atoms with van der Waals surface area (Å²) in [6.45, 7) is 6.07. The lowest BCUT2D eigenvalue weighted by atomic mass is 9.65. The first kappa shape index (κ1) is 15.9. The van der Waals surface area contributed by atoms with Crippen LogP contribution in [0.4, 0.5) is 0 Å². The number of nitrogens with one attached hydrogen (secondary N) is 1. The Balaban J connectivity index is 2.23. The van der Waals surface area contributed by atoms with Crippen molar-refractivity contribution in [3.63, 3.8) is 0 Å². The van der Waals surface area contributed by atoms with Crippen molar-refractivity contribution in [2.75, 3.05) is 7.11 Å². The van der Waals surface area contributed by atoms with Crippen LogP contribution in [0.3, 0.4) is 0 Å². The van der Waals surface area contributed by atoms with Crippen molar-refractivity contribution in [3.05, 3.63) is 15.8 Å². The second kappa shape index (κ2) is 5.38. The number of hydrogen-bond acceptors (Lipinski definition) is 5. The second-order valence-corrected chi connectivity index (χ2v) is 8.45. The number of methoxy groups -OCH3 is 1. The highest BCUT2D eigenvalue weighted by molar-refractivity contribution is 7.89. The molecule has 1 heterocycles. The fourth-order valence-corrected chi connectivity index (χ4v) is 5.83. The highest BCUT2D eigenvalue weighted by Crippen LogP contribution is 2.43. The lowest BCUT2D eigenvalue weighted by Crippen LogP contribution is -2.61. The zero-order valence-electron chi connectivity index (χ0n) is 12.3. The highest BCUT2D eigenvalue weighted by atomic mass is 32.2. The van der Waals surface area contributed by atoms with E-state index in [-0.39, 0.29) is 24.1 Å². The summed E-state index contributed by atoms with van der Waals surface area (Å²) in [4.78, 5) is 1.05. The summed E-state index contributed by atoms with van der Waals surface area (Å²) in [7, 11) is -1.87. The Hall–Kier alpha value is -0.470. The van der Waals surface area contributed by atoms with E-state index in [1.165, 1.54) is 11.3 Å². The van der Waals surface area contributed by atoms with Crippen LogP contribution in [0.1, 0.15) is 30.7 Å². The Bertz CT molecular complexity index is 593. The van der Waals surface area contributed by atoms with Gasteiger partial charge in [0.1, 0.15) is 4.90 Å². The third kappa shape index (κ3) is 2.53. The first-order valence-electron chi connectivity index (χ1n) is 6.56. The van der Waals surface area contributed by atoms with Gasteiger partial charge in [-0.3, -0.25) is 0 Å². The molecule has 0 radical (unpaired) electrons. The predicted octanol–water partition coefficient (Wildman–Crippen LogP) is 1.61. The van der Waals surface area contributed by atoms with Gasteiger partial charge in [-0.05, 0) is 24.3 Å². The van der Waals surface area contributed by atoms with Gasteiger partial charge >= 0.3 is 0 Å². The molecule has 1 aromatic heterocycles. The van der Waals surface area contributed by atoms with Gasteiger partial charge in [-0.25, -0.2) is 13.1 Å². The van der Waals surface area contributed by atoms with Crippen molar-refractivity contribution < 1.29 is 13.2 Å². The zero-order chi connectivity index (χ0) is 15.1. The van der Waals surface area contributed by atoms with E-state index in [0.29, 0.717) is 16.2 Å². The second-order valence-electron chi connectivity index (χ2n) is 5.83. The Labute approximate surface area is 124 Å². The minimum atomic E-state index is -3.53. The van der Waals surface area contributed by atoms with Crippen LogP contribution in [0, 0.1) is 12.3 Å². The number of aryl methyl sites for hydroxylation is 1. The van der Waals surface area contributed by atoms with E-state index in [0.717, 1.165) is 5.56 Å². The monoisotopic (exact) mass is 318 g/mol. The fraction of sp³-hybridized carbons (Fsp3) is 0.692. The van der Waals surface area contributed by atoms with Gasteiger partial charge in [0.2, 0.25) is 10.0 Å². The van der Waals surface area contributed by atoms with Crippen LogP contribution >= 0.6 is 11.3 Å². The molecule has 0 aromatic carbocycles. The number of thiophene rings is 1. The summed E-state index contributed by atoms with van der Waals surface area (Å²) >= 11 is 1.39. The van der Waals surface area contributed by atoms with Crippen LogP contribution < -0.4 is 10.5 Å². The molecular weight excluding hydrogens is 296 g/mol. The molecule has 20 heavy (non-hydrogen) atoms. The standard InChI is InChI=1S/C13H22N2O3S2/c1-8-7-19-9(6-14)12(8)20(16,17)15-10-5-11(18-4)13(10,2)3/h7,10-11,15H,5-6,14H2,1-4H3. The van der Waals surface area contributed by atoms with Gasteiger partial charge in [-0.2, -0.15) is 0 Å². The Morgan fingerprint density at radius 2 is 2.20 bits per heavy atom. The van der Waals surface area contributed by atoms with E-state index < -0.39 is 10.0 Å². The van der Waals surface area contributed by atoms with Gasteiger partial charge in [-0.1, -0.05) is 13.8 Å². The van der Waals surface area contributed by atoms with Crippen LogP contribution in [-0.4, -0.2) is 27.7 Å². The van der Waals surface area contributed by atoms with Gasteiger partial charge < -0.3 is 10.5 Å². The maximum Gasteiger partial charge on any atom is 0.242 e. The quantitative estimate of drug-likeness (QED) is 0.864. The third-order valence-electron chi connectivity index (χ3n) is 4.20. The summed E-state index contributed by atoms with van der Waals surface area (Å²) in [6, 6.07) is -0.109. The molecule has 1 saturated carbocycles. The Morgan fingerprint density at radius 3 is 2.70 bits per heavy atom. The van der Waals surface area contributed by atoms with Crippen molar-refractivity contribution >= 4 is 21.4 Å². The number of sulfonamides is 1. The first-order valence-corrected chi connectivity index (χ1v) is 8.92. The summed E-state index contributed by atoms with van der Waals surface area (Å²) in [5, 5.41) is 1.83. The van der Waals surface area contributed by atoms with E-state index in [2.05, 4.69) is 4.72 Å². The third-order valence-corrected chi connectivity index (χ3v) is 7.16. The molecule has 7 heteroatoms. The molecule has 1 aliphatic rings. The summed E-state index contributed by atoms with van der Waals surface area (Å²) in [5.74, 6) is 0. The van der Waals surface area contributed by atoms with E-state index in [1.54, 1.807) is 14.0 Å². The smallest absolute Gasteiger partial charge is 0.242 e. The molecule has 5 nitrogen and oxygen atoms in total. The van der Waals surface area contributed by atoms with Crippen LogP contribution in [0.2, 0.25) is 0 Å². The molecule has 2 rings (SSSR count). The van der Waals surface area contributed by atoms with E-state index >= 15 is 0 Å². The molecule has 1 aliphatic carbocycles. The maximum atomic E-state index is 12.6. The predicted molar refractivity (Wildman–Crippen MR) is 80.3 cm³/mol. The van der Waals surface area contributed by atoms with Gasteiger partial charge in [-0.15, -0.1) is 11.3 Å². The molecule has 0 spiro atoms. The molecule has 1 fully saturated rings. The largest absolute Gasteiger partial charge is 0.381 e. The van der Waals surface area contributed by atoms with Gasteiger partial charge in [0.15, 0.2) is 0 Å². The minimum Gasteiger partial charge on any atom is -0.381 e. The molecule has 2 unspecified atom stereocenters. The molecule has 0 bridgehead atoms. The highest BCUT2D eigenvalue weighted by Gasteiger charge is 2.50. The molecule has 0 amide bonds. The van der Waals surface area contributed by atoms with Crippen LogP contribution in [-0.2, 0) is 21.3 Å². The van der Waals surface area contributed by atoms with Crippen molar-refractivity contribution in [1.29, 1.82) is 0 Å². The molecule has 0 saturated heterocycles. The molecule has 3 N–H and O–H groups in total. The van der Waals surface area contributed by atoms with Crippen molar-refractivity contribution in [2.45, 2.75) is 50.8 Å². The topological polar surface area (TPSA) is 81.4 Å². The number of rotatable bonds is 5. The average molecular weight is 318 g/mol. The lowest BCUT2D eigenvalue weighted by Gasteiger charge is -2.50. The lowest BCUT2D eigenvalue weighted by molar-refractivity contribution is -0.0908. The number of hydrogen-bond donors (Lipinski definition) is 2. The molecule has 1 aromatic rings. The fourth-order valence-electron chi connectivity index (χ4n) is 2.72. The summed E-state index contributed by atoms with van der Waals surface area (Å²) in [5.41, 5.74) is 6.19. The van der Waals surface area contributed by atoms with E-state index in [9.17, 15) is 8.42 Å². The molecule has 2 atom stereocenters. The zero-order valence-corrected chi connectivity index (χ0v) is 13.9. The van der Waals surface area contributed by atoms with Gasteiger partial charge in [0, 0.05) is 30.0 Å². The minimum absolute atomic E-state index is 0.0905. The SMILES string of the molecule is COC1CC(NS(=O)(=O)c2c(C)csc2CN)C1(C)C. The number of ether oxygens (including phenoxy) is 1. The van der Waals surface area contributed by atoms with E-state index in [4.69, 9.17) is 10.5 Å². The molecule has 0 aliphatic heterocycles. The molecule has 114 valence electrons. The Kier molecular flexibility index (Phi) is 4.28.